The van der Waals surface area contributed by atoms with Crippen molar-refractivity contribution in [2.75, 3.05) is 26.7 Å². The molecular weight excluding hydrogens is 248 g/mol. The molecule has 1 aliphatic carbocycles. The van der Waals surface area contributed by atoms with Crippen LogP contribution in [0.25, 0.3) is 0 Å². The van der Waals surface area contributed by atoms with Crippen LogP contribution in [0, 0.1) is 0 Å². The van der Waals surface area contributed by atoms with Crippen LogP contribution < -0.4 is 5.32 Å². The van der Waals surface area contributed by atoms with Crippen LogP contribution in [0.5, 0.6) is 0 Å². The van der Waals surface area contributed by atoms with Crippen molar-refractivity contribution < 1.29 is 4.74 Å². The van der Waals surface area contributed by atoms with Gasteiger partial charge in [0.05, 0.1) is 5.60 Å². The van der Waals surface area contributed by atoms with E-state index < -0.39 is 0 Å². The van der Waals surface area contributed by atoms with Crippen molar-refractivity contribution in [3.05, 3.63) is 0 Å². The molecule has 1 atom stereocenters. The topological polar surface area (TPSA) is 24.5 Å². The first-order chi connectivity index (χ1) is 9.35. The van der Waals surface area contributed by atoms with Crippen LogP contribution in [0.4, 0.5) is 0 Å². The molecule has 1 N–H and O–H groups in total. The first-order valence-electron chi connectivity index (χ1n) is 8.40. The Balaban J connectivity index is 2.06. The maximum atomic E-state index is 5.62. The molecule has 1 unspecified atom stereocenters. The Morgan fingerprint density at radius 1 is 1.25 bits per heavy atom. The third-order valence-corrected chi connectivity index (χ3v) is 5.91. The van der Waals surface area contributed by atoms with Gasteiger partial charge >= 0.3 is 0 Å². The summed E-state index contributed by atoms with van der Waals surface area (Å²) >= 11 is 0. The van der Waals surface area contributed by atoms with Gasteiger partial charge in [0.1, 0.15) is 0 Å². The molecular formula is C17H34N2O. The molecule has 3 heteroatoms. The van der Waals surface area contributed by atoms with E-state index in [4.69, 9.17) is 4.74 Å². The molecule has 0 radical (unpaired) electrons. The molecule has 1 heterocycles. The largest absolute Gasteiger partial charge is 0.379 e. The van der Waals surface area contributed by atoms with Crippen LogP contribution in [-0.4, -0.2) is 48.3 Å². The number of nitrogens with one attached hydrogen (secondary N) is 1. The van der Waals surface area contributed by atoms with Gasteiger partial charge in [-0.1, -0.05) is 19.8 Å². The third kappa shape index (κ3) is 3.37. The summed E-state index contributed by atoms with van der Waals surface area (Å²) < 4.78 is 5.62. The molecule has 0 bridgehead atoms. The number of nitrogens with zero attached hydrogens (tertiary/aromatic N) is 1. The highest BCUT2D eigenvalue weighted by Gasteiger charge is 2.46. The van der Waals surface area contributed by atoms with Crippen molar-refractivity contribution in [3.8, 4) is 0 Å². The van der Waals surface area contributed by atoms with Crippen LogP contribution in [0.1, 0.15) is 66.2 Å². The minimum Gasteiger partial charge on any atom is -0.379 e. The lowest BCUT2D eigenvalue weighted by Gasteiger charge is -2.53. The van der Waals surface area contributed by atoms with Crippen molar-refractivity contribution in [1.82, 2.24) is 10.2 Å². The summed E-state index contributed by atoms with van der Waals surface area (Å²) in [4.78, 5) is 2.79. The Bertz CT molecular complexity index is 323. The Morgan fingerprint density at radius 2 is 1.90 bits per heavy atom. The Kier molecular flexibility index (Phi) is 4.83. The smallest absolute Gasteiger partial charge is 0.0634 e. The van der Waals surface area contributed by atoms with E-state index in [1.54, 1.807) is 0 Å². The molecule has 20 heavy (non-hydrogen) atoms. The van der Waals surface area contributed by atoms with Crippen LogP contribution in [0.2, 0.25) is 0 Å². The lowest BCUT2D eigenvalue weighted by Crippen LogP contribution is -2.68. The number of hydrogen-bond acceptors (Lipinski definition) is 3. The number of piperazine rings is 1. The van der Waals surface area contributed by atoms with Crippen molar-refractivity contribution in [3.63, 3.8) is 0 Å². The molecule has 1 saturated heterocycles. The van der Waals surface area contributed by atoms with Gasteiger partial charge in [0.2, 0.25) is 0 Å². The van der Waals surface area contributed by atoms with Crippen LogP contribution in [-0.2, 0) is 4.74 Å². The molecule has 2 rings (SSSR count). The second-order valence-corrected chi connectivity index (χ2v) is 7.83. The predicted octanol–water partition coefficient (Wildman–Crippen LogP) is 3.19. The number of methoxy groups -OCH3 is 1. The van der Waals surface area contributed by atoms with Gasteiger partial charge in [0.15, 0.2) is 0 Å². The Labute approximate surface area is 125 Å². The summed E-state index contributed by atoms with van der Waals surface area (Å²) in [5, 5.41) is 3.85. The minimum atomic E-state index is -0.00666. The zero-order chi connectivity index (χ0) is 14.9. The minimum absolute atomic E-state index is 0.00666. The zero-order valence-corrected chi connectivity index (χ0v) is 14.2. The molecule has 3 nitrogen and oxygen atoms in total. The van der Waals surface area contributed by atoms with Gasteiger partial charge < -0.3 is 10.1 Å². The molecule has 1 saturated carbocycles. The second-order valence-electron chi connectivity index (χ2n) is 7.83. The lowest BCUT2D eigenvalue weighted by atomic mass is 9.84. The van der Waals surface area contributed by atoms with E-state index in [1.807, 2.05) is 7.11 Å². The molecule has 0 amide bonds. The number of hydrogen-bond donors (Lipinski definition) is 1. The first-order valence-corrected chi connectivity index (χ1v) is 8.40. The third-order valence-electron chi connectivity index (χ3n) is 5.91. The first kappa shape index (κ1) is 16.3. The van der Waals surface area contributed by atoms with Gasteiger partial charge in [-0.15, -0.1) is 0 Å². The summed E-state index contributed by atoms with van der Waals surface area (Å²) in [6, 6.07) is 0. The standard InChI is InChI=1S/C17H34N2O/c1-6-16(4)14-19(12-11-15(2,3)20-5)17(13-18-16)9-7-8-10-17/h18H,6-14H2,1-5H3. The van der Waals surface area contributed by atoms with Crippen molar-refractivity contribution in [2.45, 2.75) is 82.9 Å². The van der Waals surface area contributed by atoms with Gasteiger partial charge in [0, 0.05) is 37.8 Å². The average molecular weight is 282 g/mol. The normalized spacial score (nSPS) is 31.1. The fourth-order valence-electron chi connectivity index (χ4n) is 3.72. The van der Waals surface area contributed by atoms with Gasteiger partial charge in [-0.3, -0.25) is 4.90 Å². The van der Waals surface area contributed by atoms with Crippen molar-refractivity contribution in [2.24, 2.45) is 0 Å². The van der Waals surface area contributed by atoms with E-state index in [0.717, 1.165) is 13.0 Å². The van der Waals surface area contributed by atoms with Crippen LogP contribution >= 0.6 is 0 Å². The predicted molar refractivity (Wildman–Crippen MR) is 85.2 cm³/mol. The molecule has 0 aromatic carbocycles. The van der Waals surface area contributed by atoms with E-state index in [1.165, 1.54) is 45.2 Å². The summed E-state index contributed by atoms with van der Waals surface area (Å²) in [5.74, 6) is 0. The monoisotopic (exact) mass is 282 g/mol. The lowest BCUT2D eigenvalue weighted by molar-refractivity contribution is -0.0286. The van der Waals surface area contributed by atoms with E-state index >= 15 is 0 Å². The molecule has 2 aliphatic rings. The Hall–Kier alpha value is -0.120. The van der Waals surface area contributed by atoms with Crippen LogP contribution in [0.15, 0.2) is 0 Å². The quantitative estimate of drug-likeness (QED) is 0.838. The second kappa shape index (κ2) is 5.94. The highest BCUT2D eigenvalue weighted by atomic mass is 16.5. The highest BCUT2D eigenvalue weighted by Crippen LogP contribution is 2.39. The van der Waals surface area contributed by atoms with E-state index in [-0.39, 0.29) is 11.1 Å². The maximum Gasteiger partial charge on any atom is 0.0634 e. The van der Waals surface area contributed by atoms with Crippen molar-refractivity contribution in [1.29, 1.82) is 0 Å². The summed E-state index contributed by atoms with van der Waals surface area (Å²) in [7, 11) is 1.83. The molecule has 0 aromatic rings. The zero-order valence-electron chi connectivity index (χ0n) is 14.2. The van der Waals surface area contributed by atoms with E-state index in [0.29, 0.717) is 5.54 Å². The molecule has 1 aliphatic heterocycles. The molecule has 118 valence electrons. The maximum absolute atomic E-state index is 5.62. The average Bonchev–Trinajstić information content (AvgIpc) is 2.90. The summed E-state index contributed by atoms with van der Waals surface area (Å²) in [6.07, 6.45) is 7.85. The number of ether oxygens (including phenoxy) is 1. The summed E-state index contributed by atoms with van der Waals surface area (Å²) in [6.45, 7) is 12.6. The molecule has 2 fully saturated rings. The van der Waals surface area contributed by atoms with Gasteiger partial charge in [-0.25, -0.2) is 0 Å². The fraction of sp³-hybridized carbons (Fsp3) is 1.00. The fourth-order valence-corrected chi connectivity index (χ4v) is 3.72. The molecule has 1 spiro atoms. The molecule has 0 aromatic heterocycles. The highest BCUT2D eigenvalue weighted by molar-refractivity contribution is 5.05. The number of rotatable bonds is 5. The van der Waals surface area contributed by atoms with Gasteiger partial charge in [-0.05, 0) is 46.5 Å². The van der Waals surface area contributed by atoms with Gasteiger partial charge in [-0.2, -0.15) is 0 Å². The van der Waals surface area contributed by atoms with E-state index in [2.05, 4.69) is 37.9 Å². The van der Waals surface area contributed by atoms with Gasteiger partial charge in [0.25, 0.3) is 0 Å². The van der Waals surface area contributed by atoms with Crippen LogP contribution in [0.3, 0.4) is 0 Å². The SMILES string of the molecule is CCC1(C)CN(CCC(C)(C)OC)C2(CCCC2)CN1. The van der Waals surface area contributed by atoms with Crippen molar-refractivity contribution >= 4 is 0 Å². The summed E-state index contributed by atoms with van der Waals surface area (Å²) in [5.41, 5.74) is 0.705. The Morgan fingerprint density at radius 3 is 2.45 bits per heavy atom. The van der Waals surface area contributed by atoms with E-state index in [9.17, 15) is 0 Å².